The SMILES string of the molecule is OC1COC2C(Oc3nc4ncc(-c5ccc(-c6ccccc6)cc5)c(Cl)c4[nH]3)COC12. The number of halogens is 1. The summed E-state index contributed by atoms with van der Waals surface area (Å²) in [4.78, 5) is 12.0. The van der Waals surface area contributed by atoms with E-state index in [1.807, 2.05) is 30.3 Å². The smallest absolute Gasteiger partial charge is 0.296 e. The summed E-state index contributed by atoms with van der Waals surface area (Å²) in [5.41, 5.74) is 5.13. The van der Waals surface area contributed by atoms with Gasteiger partial charge >= 0.3 is 0 Å². The van der Waals surface area contributed by atoms with Crippen LogP contribution in [0.5, 0.6) is 6.01 Å². The van der Waals surface area contributed by atoms with Crippen LogP contribution < -0.4 is 4.74 Å². The molecule has 0 spiro atoms. The van der Waals surface area contributed by atoms with Crippen molar-refractivity contribution < 1.29 is 19.3 Å². The van der Waals surface area contributed by atoms with Gasteiger partial charge in [0, 0.05) is 11.8 Å². The molecule has 2 aliphatic heterocycles. The first kappa shape index (κ1) is 19.7. The number of imidazole rings is 1. The van der Waals surface area contributed by atoms with Crippen molar-refractivity contribution in [2.45, 2.75) is 24.4 Å². The minimum atomic E-state index is -0.628. The van der Waals surface area contributed by atoms with Crippen LogP contribution >= 0.6 is 11.6 Å². The van der Waals surface area contributed by atoms with E-state index in [1.165, 1.54) is 0 Å². The number of hydrogen-bond acceptors (Lipinski definition) is 6. The number of hydrogen-bond donors (Lipinski definition) is 2. The number of aliphatic hydroxyl groups excluding tert-OH is 1. The van der Waals surface area contributed by atoms with Gasteiger partial charge in [0.05, 0.1) is 18.2 Å². The van der Waals surface area contributed by atoms with Gasteiger partial charge in [-0.15, -0.1) is 0 Å². The maximum atomic E-state index is 9.90. The fraction of sp³-hybridized carbons (Fsp3) is 0.250. The van der Waals surface area contributed by atoms with Crippen LogP contribution in [0.2, 0.25) is 5.02 Å². The number of ether oxygens (including phenoxy) is 3. The topological polar surface area (TPSA) is 89.5 Å². The van der Waals surface area contributed by atoms with E-state index < -0.39 is 6.10 Å². The molecular formula is C24H20ClN3O4. The first-order chi connectivity index (χ1) is 15.7. The van der Waals surface area contributed by atoms with E-state index in [-0.39, 0.29) is 24.9 Å². The van der Waals surface area contributed by atoms with Crippen LogP contribution in [-0.2, 0) is 9.47 Å². The summed E-state index contributed by atoms with van der Waals surface area (Å²) in [7, 11) is 0. The molecule has 0 radical (unpaired) electrons. The Balaban J connectivity index is 1.27. The Labute approximate surface area is 188 Å². The summed E-state index contributed by atoms with van der Waals surface area (Å²) >= 11 is 6.72. The highest BCUT2D eigenvalue weighted by Gasteiger charge is 2.48. The number of benzene rings is 2. The van der Waals surface area contributed by atoms with E-state index >= 15 is 0 Å². The quantitative estimate of drug-likeness (QED) is 0.492. The number of aliphatic hydroxyl groups is 1. The van der Waals surface area contributed by atoms with Crippen LogP contribution in [-0.4, -0.2) is 57.7 Å². The average molecular weight is 450 g/mol. The van der Waals surface area contributed by atoms with E-state index in [0.717, 1.165) is 22.3 Å². The molecule has 32 heavy (non-hydrogen) atoms. The monoisotopic (exact) mass is 449 g/mol. The molecule has 7 nitrogen and oxygen atoms in total. The molecule has 2 aromatic carbocycles. The second-order valence-electron chi connectivity index (χ2n) is 7.99. The van der Waals surface area contributed by atoms with Gasteiger partial charge in [-0.25, -0.2) is 4.98 Å². The van der Waals surface area contributed by atoms with E-state index in [1.54, 1.807) is 6.20 Å². The largest absolute Gasteiger partial charge is 0.456 e. The number of pyridine rings is 1. The fourth-order valence-electron chi connectivity index (χ4n) is 4.32. The van der Waals surface area contributed by atoms with E-state index in [9.17, 15) is 5.11 Å². The molecule has 8 heteroatoms. The summed E-state index contributed by atoms with van der Waals surface area (Å²) in [6.45, 7) is 0.568. The van der Waals surface area contributed by atoms with Gasteiger partial charge < -0.3 is 24.3 Å². The Morgan fingerprint density at radius 3 is 2.47 bits per heavy atom. The Morgan fingerprint density at radius 2 is 1.66 bits per heavy atom. The maximum Gasteiger partial charge on any atom is 0.296 e. The fourth-order valence-corrected chi connectivity index (χ4v) is 4.61. The zero-order valence-corrected chi connectivity index (χ0v) is 17.7. The lowest BCUT2D eigenvalue weighted by Crippen LogP contribution is -2.34. The number of nitrogens with zero attached hydrogens (tertiary/aromatic N) is 2. The minimum absolute atomic E-state index is 0.245. The van der Waals surface area contributed by atoms with Gasteiger partial charge in [0.25, 0.3) is 6.01 Å². The highest BCUT2D eigenvalue weighted by Crippen LogP contribution is 2.35. The van der Waals surface area contributed by atoms with Crippen molar-refractivity contribution in [3.63, 3.8) is 0 Å². The number of rotatable bonds is 4. The van der Waals surface area contributed by atoms with Crippen LogP contribution in [0.15, 0.2) is 60.8 Å². The first-order valence-corrected chi connectivity index (χ1v) is 10.8. The summed E-state index contributed by atoms with van der Waals surface area (Å²) in [6, 6.07) is 18.7. The van der Waals surface area contributed by atoms with Gasteiger partial charge in [-0.3, -0.25) is 0 Å². The molecule has 0 aliphatic carbocycles. The van der Waals surface area contributed by atoms with E-state index in [0.29, 0.717) is 28.8 Å². The van der Waals surface area contributed by atoms with E-state index in [2.05, 4.69) is 39.2 Å². The zero-order chi connectivity index (χ0) is 21.7. The van der Waals surface area contributed by atoms with Crippen molar-refractivity contribution in [3.8, 4) is 28.3 Å². The lowest BCUT2D eigenvalue weighted by Gasteiger charge is -2.15. The maximum absolute atomic E-state index is 9.90. The minimum Gasteiger partial charge on any atom is -0.456 e. The Hall–Kier alpha value is -2.97. The average Bonchev–Trinajstić information content (AvgIpc) is 3.52. The molecular weight excluding hydrogens is 430 g/mol. The molecule has 4 heterocycles. The van der Waals surface area contributed by atoms with Gasteiger partial charge in [0.15, 0.2) is 11.8 Å². The van der Waals surface area contributed by atoms with Crippen LogP contribution in [0.4, 0.5) is 0 Å². The van der Waals surface area contributed by atoms with Crippen molar-refractivity contribution in [2.24, 2.45) is 0 Å². The highest BCUT2D eigenvalue weighted by atomic mass is 35.5. The van der Waals surface area contributed by atoms with Crippen LogP contribution in [0, 0.1) is 0 Å². The Bertz CT molecular complexity index is 1260. The molecule has 4 unspecified atom stereocenters. The van der Waals surface area contributed by atoms with Gasteiger partial charge in [0.2, 0.25) is 0 Å². The first-order valence-electron chi connectivity index (χ1n) is 10.5. The van der Waals surface area contributed by atoms with Crippen molar-refractivity contribution >= 4 is 22.8 Å². The molecule has 2 saturated heterocycles. The summed E-state index contributed by atoms with van der Waals surface area (Å²) in [6.07, 6.45) is 0.0485. The third-order valence-corrected chi connectivity index (χ3v) is 6.38. The Kier molecular flexibility index (Phi) is 4.84. The molecule has 2 aliphatic rings. The molecule has 0 amide bonds. The molecule has 6 rings (SSSR count). The number of aromatic nitrogens is 3. The molecule has 4 aromatic rings. The number of aromatic amines is 1. The van der Waals surface area contributed by atoms with E-state index in [4.69, 9.17) is 25.8 Å². The second-order valence-corrected chi connectivity index (χ2v) is 8.37. The lowest BCUT2D eigenvalue weighted by atomic mass is 10.0. The van der Waals surface area contributed by atoms with Crippen molar-refractivity contribution in [1.29, 1.82) is 0 Å². The molecule has 2 aromatic heterocycles. The predicted octanol–water partition coefficient (Wildman–Crippen LogP) is 3.85. The van der Waals surface area contributed by atoms with Crippen molar-refractivity contribution in [3.05, 3.63) is 65.8 Å². The van der Waals surface area contributed by atoms with Crippen molar-refractivity contribution in [1.82, 2.24) is 15.0 Å². The molecule has 0 bridgehead atoms. The standard InChI is InChI=1S/C24H20ClN3O4/c25-19-16(15-8-6-14(7-9-15)13-4-2-1-3-5-13)10-26-23-20(19)27-24(28-23)32-18-12-31-21-17(29)11-30-22(18)21/h1-10,17-18,21-22,29H,11-12H2,(H,26,27,28). The third kappa shape index (κ3) is 3.34. The van der Waals surface area contributed by atoms with Crippen LogP contribution in [0.3, 0.4) is 0 Å². The third-order valence-electron chi connectivity index (χ3n) is 5.98. The second kappa shape index (κ2) is 7.86. The van der Waals surface area contributed by atoms with Crippen LogP contribution in [0.25, 0.3) is 33.4 Å². The van der Waals surface area contributed by atoms with Crippen LogP contribution in [0.1, 0.15) is 0 Å². The Morgan fingerprint density at radius 1 is 0.938 bits per heavy atom. The van der Waals surface area contributed by atoms with Crippen molar-refractivity contribution in [2.75, 3.05) is 13.2 Å². The zero-order valence-electron chi connectivity index (χ0n) is 16.9. The number of H-pyrrole nitrogens is 1. The molecule has 0 saturated carbocycles. The number of nitrogens with one attached hydrogen (secondary N) is 1. The molecule has 162 valence electrons. The normalized spacial score (nSPS) is 24.7. The van der Waals surface area contributed by atoms with Gasteiger partial charge in [0.1, 0.15) is 23.8 Å². The molecule has 2 N–H and O–H groups in total. The summed E-state index contributed by atoms with van der Waals surface area (Å²) < 4.78 is 17.2. The predicted molar refractivity (Wildman–Crippen MR) is 120 cm³/mol. The van der Waals surface area contributed by atoms with Gasteiger partial charge in [-0.05, 0) is 16.7 Å². The molecule has 2 fully saturated rings. The van der Waals surface area contributed by atoms with Gasteiger partial charge in [-0.2, -0.15) is 4.98 Å². The summed E-state index contributed by atoms with van der Waals surface area (Å²) in [5, 5.41) is 10.4. The summed E-state index contributed by atoms with van der Waals surface area (Å²) in [5.74, 6) is 0. The number of fused-ring (bicyclic) bond motifs is 2. The molecule has 4 atom stereocenters. The highest BCUT2D eigenvalue weighted by molar-refractivity contribution is 6.37. The van der Waals surface area contributed by atoms with Gasteiger partial charge in [-0.1, -0.05) is 66.2 Å². The lowest BCUT2D eigenvalue weighted by molar-refractivity contribution is 0.00706.